The summed E-state index contributed by atoms with van der Waals surface area (Å²) in [7, 11) is 0. The Labute approximate surface area is 179 Å². The first-order valence-corrected chi connectivity index (χ1v) is 11.0. The van der Waals surface area contributed by atoms with Gasteiger partial charge in [0, 0.05) is 57.4 Å². The van der Waals surface area contributed by atoms with Crippen molar-refractivity contribution < 1.29 is 9.90 Å². The Morgan fingerprint density at radius 2 is 1.57 bits per heavy atom. The third-order valence-electron chi connectivity index (χ3n) is 6.34. The van der Waals surface area contributed by atoms with Crippen LogP contribution in [0.25, 0.3) is 11.1 Å². The summed E-state index contributed by atoms with van der Waals surface area (Å²) in [6.07, 6.45) is 2.04. The fraction of sp³-hybridized carbons (Fsp3) is 0.458. The first-order chi connectivity index (χ1) is 14.7. The SMILES string of the molecule is O=C(Nc1ccccc1-c1ccccc1)N1CCC(N2CCN(CCO)CC2)CC1. The van der Waals surface area contributed by atoms with Crippen molar-refractivity contribution in [3.8, 4) is 11.1 Å². The van der Waals surface area contributed by atoms with E-state index in [4.69, 9.17) is 5.11 Å². The van der Waals surface area contributed by atoms with Gasteiger partial charge in [0.05, 0.1) is 12.3 Å². The number of benzene rings is 2. The number of nitrogens with one attached hydrogen (secondary N) is 1. The number of urea groups is 1. The molecule has 2 aromatic carbocycles. The monoisotopic (exact) mass is 408 g/mol. The Morgan fingerprint density at radius 3 is 2.27 bits per heavy atom. The molecule has 30 heavy (non-hydrogen) atoms. The molecule has 6 nitrogen and oxygen atoms in total. The van der Waals surface area contributed by atoms with E-state index in [1.807, 2.05) is 47.4 Å². The van der Waals surface area contributed by atoms with Crippen LogP contribution in [-0.2, 0) is 0 Å². The van der Waals surface area contributed by atoms with Gasteiger partial charge in [0.1, 0.15) is 0 Å². The molecule has 0 unspecified atom stereocenters. The summed E-state index contributed by atoms with van der Waals surface area (Å²) in [5, 5.41) is 12.2. The van der Waals surface area contributed by atoms with E-state index in [1.54, 1.807) is 0 Å². The zero-order valence-corrected chi connectivity index (χ0v) is 17.5. The maximum Gasteiger partial charge on any atom is 0.321 e. The fourth-order valence-electron chi connectivity index (χ4n) is 4.58. The number of carbonyl (C=O) groups excluding carboxylic acids is 1. The Balaban J connectivity index is 1.31. The molecule has 2 heterocycles. The van der Waals surface area contributed by atoms with Crippen LogP contribution in [0, 0.1) is 0 Å². The third-order valence-corrected chi connectivity index (χ3v) is 6.34. The number of β-amino-alcohol motifs (C(OH)–C–C–N with tert-alkyl or cyclic N) is 1. The smallest absolute Gasteiger partial charge is 0.321 e. The summed E-state index contributed by atoms with van der Waals surface area (Å²) in [5.41, 5.74) is 3.00. The summed E-state index contributed by atoms with van der Waals surface area (Å²) in [5.74, 6) is 0. The van der Waals surface area contributed by atoms with Crippen molar-refractivity contribution in [2.24, 2.45) is 0 Å². The molecule has 0 atom stereocenters. The number of hydrogen-bond acceptors (Lipinski definition) is 4. The number of para-hydroxylation sites is 1. The van der Waals surface area contributed by atoms with Crippen LogP contribution in [0.2, 0.25) is 0 Å². The minimum absolute atomic E-state index is 0.00963. The van der Waals surface area contributed by atoms with Crippen molar-refractivity contribution in [2.45, 2.75) is 18.9 Å². The molecule has 0 aromatic heterocycles. The van der Waals surface area contributed by atoms with E-state index in [0.29, 0.717) is 6.04 Å². The minimum atomic E-state index is -0.00963. The van der Waals surface area contributed by atoms with Crippen molar-refractivity contribution in [3.63, 3.8) is 0 Å². The predicted molar refractivity (Wildman–Crippen MR) is 121 cm³/mol. The Kier molecular flexibility index (Phi) is 7.00. The number of aliphatic hydroxyl groups excluding tert-OH is 1. The number of likely N-dealkylation sites (tertiary alicyclic amines) is 1. The van der Waals surface area contributed by atoms with E-state index in [1.165, 1.54) is 0 Å². The minimum Gasteiger partial charge on any atom is -0.395 e. The van der Waals surface area contributed by atoms with Crippen molar-refractivity contribution in [1.82, 2.24) is 14.7 Å². The van der Waals surface area contributed by atoms with Crippen LogP contribution in [0.1, 0.15) is 12.8 Å². The summed E-state index contributed by atoms with van der Waals surface area (Å²) < 4.78 is 0. The number of carbonyl (C=O) groups is 1. The zero-order valence-electron chi connectivity index (χ0n) is 17.5. The lowest BCUT2D eigenvalue weighted by molar-refractivity contribution is 0.0598. The maximum absolute atomic E-state index is 12.9. The van der Waals surface area contributed by atoms with Gasteiger partial charge in [0.25, 0.3) is 0 Å². The van der Waals surface area contributed by atoms with Crippen molar-refractivity contribution >= 4 is 11.7 Å². The molecule has 2 aliphatic heterocycles. The molecule has 0 bridgehead atoms. The Hall–Kier alpha value is -2.41. The van der Waals surface area contributed by atoms with Crippen LogP contribution >= 0.6 is 0 Å². The van der Waals surface area contributed by atoms with Crippen molar-refractivity contribution in [1.29, 1.82) is 0 Å². The Morgan fingerprint density at radius 1 is 0.900 bits per heavy atom. The first-order valence-electron chi connectivity index (χ1n) is 11.0. The average molecular weight is 409 g/mol. The second-order valence-corrected chi connectivity index (χ2v) is 8.16. The molecule has 2 N–H and O–H groups in total. The lowest BCUT2D eigenvalue weighted by Gasteiger charge is -2.42. The molecular formula is C24H32N4O2. The molecule has 160 valence electrons. The summed E-state index contributed by atoms with van der Waals surface area (Å²) in [6, 6.07) is 18.7. The highest BCUT2D eigenvalue weighted by atomic mass is 16.3. The molecule has 2 aromatic rings. The van der Waals surface area contributed by atoms with E-state index in [-0.39, 0.29) is 12.6 Å². The fourth-order valence-corrected chi connectivity index (χ4v) is 4.58. The Bertz CT molecular complexity index is 813. The molecule has 0 radical (unpaired) electrons. The molecule has 0 spiro atoms. The lowest BCUT2D eigenvalue weighted by Crippen LogP contribution is -2.54. The molecule has 2 amide bonds. The van der Waals surface area contributed by atoms with E-state index in [0.717, 1.165) is 75.5 Å². The molecule has 0 saturated carbocycles. The zero-order chi connectivity index (χ0) is 20.8. The number of rotatable bonds is 5. The normalized spacial score (nSPS) is 19.0. The van der Waals surface area contributed by atoms with E-state index in [2.05, 4.69) is 27.2 Å². The van der Waals surface area contributed by atoms with Gasteiger partial charge in [-0.3, -0.25) is 9.80 Å². The molecule has 2 fully saturated rings. The van der Waals surface area contributed by atoms with Gasteiger partial charge in [-0.15, -0.1) is 0 Å². The van der Waals surface area contributed by atoms with Gasteiger partial charge < -0.3 is 15.3 Å². The lowest BCUT2D eigenvalue weighted by atomic mass is 10.0. The number of anilines is 1. The molecule has 6 heteroatoms. The number of hydrogen-bond donors (Lipinski definition) is 2. The second kappa shape index (κ2) is 10.1. The van der Waals surface area contributed by atoms with E-state index in [9.17, 15) is 4.79 Å². The van der Waals surface area contributed by atoms with Gasteiger partial charge in [-0.05, 0) is 24.5 Å². The van der Waals surface area contributed by atoms with Gasteiger partial charge in [-0.1, -0.05) is 48.5 Å². The van der Waals surface area contributed by atoms with Gasteiger partial charge in [-0.2, -0.15) is 0 Å². The number of nitrogens with zero attached hydrogens (tertiary/aromatic N) is 3. The average Bonchev–Trinajstić information content (AvgIpc) is 2.81. The quantitative estimate of drug-likeness (QED) is 0.799. The highest BCUT2D eigenvalue weighted by Gasteiger charge is 2.29. The predicted octanol–water partition coefficient (Wildman–Crippen LogP) is 2.96. The number of piperazine rings is 1. The molecule has 0 aliphatic carbocycles. The highest BCUT2D eigenvalue weighted by molar-refractivity contribution is 5.94. The van der Waals surface area contributed by atoms with Gasteiger partial charge in [-0.25, -0.2) is 4.79 Å². The topological polar surface area (TPSA) is 59.1 Å². The van der Waals surface area contributed by atoms with Crippen LogP contribution in [0.3, 0.4) is 0 Å². The second-order valence-electron chi connectivity index (χ2n) is 8.16. The summed E-state index contributed by atoms with van der Waals surface area (Å²) in [6.45, 7) is 6.76. The van der Waals surface area contributed by atoms with Crippen molar-refractivity contribution in [3.05, 3.63) is 54.6 Å². The third kappa shape index (κ3) is 5.01. The first kappa shape index (κ1) is 20.8. The largest absolute Gasteiger partial charge is 0.395 e. The van der Waals surface area contributed by atoms with Crippen molar-refractivity contribution in [2.75, 3.05) is 57.7 Å². The summed E-state index contributed by atoms with van der Waals surface area (Å²) >= 11 is 0. The van der Waals surface area contributed by atoms with Gasteiger partial charge >= 0.3 is 6.03 Å². The van der Waals surface area contributed by atoms with Crippen LogP contribution in [0.15, 0.2) is 54.6 Å². The molecule has 2 saturated heterocycles. The molecule has 2 aliphatic rings. The molecular weight excluding hydrogens is 376 g/mol. The van der Waals surface area contributed by atoms with Gasteiger partial charge in [0.15, 0.2) is 0 Å². The maximum atomic E-state index is 12.9. The van der Waals surface area contributed by atoms with Crippen LogP contribution in [0.5, 0.6) is 0 Å². The number of piperidine rings is 1. The van der Waals surface area contributed by atoms with E-state index < -0.39 is 0 Å². The highest BCUT2D eigenvalue weighted by Crippen LogP contribution is 2.28. The van der Waals surface area contributed by atoms with E-state index >= 15 is 0 Å². The van der Waals surface area contributed by atoms with Gasteiger partial charge in [0.2, 0.25) is 0 Å². The number of aliphatic hydroxyl groups is 1. The van der Waals surface area contributed by atoms with Crippen LogP contribution in [-0.4, -0.2) is 84.3 Å². The number of amides is 2. The standard InChI is InChI=1S/C24H32N4O2/c29-19-18-26-14-16-27(17-15-26)21-10-12-28(13-11-21)24(30)25-23-9-5-4-8-22(23)20-6-2-1-3-7-20/h1-9,21,29H,10-19H2,(H,25,30). The summed E-state index contributed by atoms with van der Waals surface area (Å²) in [4.78, 5) is 19.8. The van der Waals surface area contributed by atoms with Crippen LogP contribution in [0.4, 0.5) is 10.5 Å². The van der Waals surface area contributed by atoms with Crippen LogP contribution < -0.4 is 5.32 Å². The molecule has 4 rings (SSSR count).